The van der Waals surface area contributed by atoms with Crippen LogP contribution in [0, 0.1) is 12.3 Å². The molecule has 0 spiro atoms. The number of ether oxygens (including phenoxy) is 1. The predicted molar refractivity (Wildman–Crippen MR) is 89.5 cm³/mol. The molecule has 0 amide bonds. The maximum Gasteiger partial charge on any atom is 0.336 e. The zero-order chi connectivity index (χ0) is 15.5. The molecule has 0 radical (unpaired) electrons. The van der Waals surface area contributed by atoms with E-state index in [0.29, 0.717) is 12.2 Å². The summed E-state index contributed by atoms with van der Waals surface area (Å²) < 4.78 is 11.2. The molecule has 0 fully saturated rings. The lowest BCUT2D eigenvalue weighted by molar-refractivity contribution is 0.158. The average Bonchev–Trinajstić information content (AvgIpc) is 2.48. The van der Waals surface area contributed by atoms with Gasteiger partial charge in [-0.25, -0.2) is 4.79 Å². The van der Waals surface area contributed by atoms with Crippen LogP contribution in [0.15, 0.2) is 33.5 Å². The highest BCUT2D eigenvalue weighted by Gasteiger charge is 2.25. The monoisotopic (exact) mass is 352 g/mol. The second kappa shape index (κ2) is 6.65. The molecule has 0 unspecified atom stereocenters. The van der Waals surface area contributed by atoms with E-state index in [-0.39, 0.29) is 11.0 Å². The summed E-state index contributed by atoms with van der Waals surface area (Å²) in [5, 5.41) is 1.86. The smallest absolute Gasteiger partial charge is 0.336 e. The Labute approximate surface area is 133 Å². The lowest BCUT2D eigenvalue weighted by Gasteiger charge is -2.29. The zero-order valence-electron chi connectivity index (χ0n) is 12.7. The van der Waals surface area contributed by atoms with Crippen molar-refractivity contribution in [1.82, 2.24) is 0 Å². The maximum atomic E-state index is 11.5. The van der Waals surface area contributed by atoms with Crippen LogP contribution in [0.25, 0.3) is 11.0 Å². The van der Waals surface area contributed by atoms with Gasteiger partial charge in [0.2, 0.25) is 0 Å². The van der Waals surface area contributed by atoms with Crippen LogP contribution in [0.3, 0.4) is 0 Å². The summed E-state index contributed by atoms with van der Waals surface area (Å²) in [7, 11) is 0. The van der Waals surface area contributed by atoms with Crippen molar-refractivity contribution in [3.63, 3.8) is 0 Å². The first-order valence-corrected chi connectivity index (χ1v) is 8.39. The van der Waals surface area contributed by atoms with Gasteiger partial charge >= 0.3 is 5.63 Å². The van der Waals surface area contributed by atoms with E-state index in [1.165, 1.54) is 6.07 Å². The number of halogens is 1. The number of benzene rings is 1. The molecule has 0 aliphatic heterocycles. The van der Waals surface area contributed by atoms with Crippen molar-refractivity contribution in [2.45, 2.75) is 33.6 Å². The third-order valence-corrected chi connectivity index (χ3v) is 5.44. The minimum Gasteiger partial charge on any atom is -0.493 e. The quantitative estimate of drug-likeness (QED) is 0.559. The summed E-state index contributed by atoms with van der Waals surface area (Å²) in [6.45, 7) is 6.91. The summed E-state index contributed by atoms with van der Waals surface area (Å²) >= 11 is 3.59. The van der Waals surface area contributed by atoms with Gasteiger partial charge < -0.3 is 9.15 Å². The first-order chi connectivity index (χ1) is 10.0. The molecule has 2 aromatic rings. The molecule has 0 atom stereocenters. The van der Waals surface area contributed by atoms with Crippen molar-refractivity contribution in [1.29, 1.82) is 0 Å². The van der Waals surface area contributed by atoms with Crippen LogP contribution in [-0.4, -0.2) is 11.9 Å². The Morgan fingerprint density at radius 1 is 1.24 bits per heavy atom. The molecule has 4 heteroatoms. The van der Waals surface area contributed by atoms with Crippen LogP contribution in [0.5, 0.6) is 5.75 Å². The van der Waals surface area contributed by atoms with Crippen molar-refractivity contribution < 1.29 is 9.15 Å². The molecule has 0 saturated carbocycles. The molecular formula is C17H21BrO3. The lowest BCUT2D eigenvalue weighted by atomic mass is 9.86. The van der Waals surface area contributed by atoms with E-state index >= 15 is 0 Å². The molecule has 1 aromatic heterocycles. The van der Waals surface area contributed by atoms with Gasteiger partial charge in [-0.1, -0.05) is 29.8 Å². The second-order valence-corrected chi connectivity index (χ2v) is 6.10. The molecule has 21 heavy (non-hydrogen) atoms. The van der Waals surface area contributed by atoms with Crippen molar-refractivity contribution in [3.05, 3.63) is 40.2 Å². The summed E-state index contributed by atoms with van der Waals surface area (Å²) in [5.74, 6) is 0.739. The van der Waals surface area contributed by atoms with Crippen molar-refractivity contribution in [2.75, 3.05) is 11.9 Å². The van der Waals surface area contributed by atoms with Gasteiger partial charge in [0, 0.05) is 28.3 Å². The van der Waals surface area contributed by atoms with Gasteiger partial charge in [-0.15, -0.1) is 0 Å². The van der Waals surface area contributed by atoms with Gasteiger partial charge in [0.15, 0.2) is 0 Å². The Hall–Kier alpha value is -1.29. The Morgan fingerprint density at radius 3 is 2.57 bits per heavy atom. The fraction of sp³-hybridized carbons (Fsp3) is 0.471. The molecule has 114 valence electrons. The maximum absolute atomic E-state index is 11.5. The van der Waals surface area contributed by atoms with Gasteiger partial charge in [-0.05, 0) is 37.5 Å². The van der Waals surface area contributed by atoms with Crippen molar-refractivity contribution in [3.8, 4) is 5.75 Å². The predicted octanol–water partition coefficient (Wildman–Crippen LogP) is 4.68. The fourth-order valence-electron chi connectivity index (χ4n) is 2.31. The highest BCUT2D eigenvalue weighted by atomic mass is 79.9. The fourth-order valence-corrected chi connectivity index (χ4v) is 3.27. The Balaban J connectivity index is 2.26. The third kappa shape index (κ3) is 3.49. The van der Waals surface area contributed by atoms with E-state index in [1.54, 1.807) is 6.07 Å². The number of hydrogen-bond donors (Lipinski definition) is 0. The first-order valence-electron chi connectivity index (χ1n) is 7.27. The molecule has 0 bridgehead atoms. The Morgan fingerprint density at radius 2 is 1.95 bits per heavy atom. The third-order valence-electron chi connectivity index (χ3n) is 4.25. The van der Waals surface area contributed by atoms with Crippen LogP contribution < -0.4 is 10.4 Å². The zero-order valence-corrected chi connectivity index (χ0v) is 14.3. The molecule has 0 saturated heterocycles. The number of fused-ring (bicyclic) bond motifs is 1. The van der Waals surface area contributed by atoms with Gasteiger partial charge in [-0.3, -0.25) is 0 Å². The van der Waals surface area contributed by atoms with Crippen LogP contribution in [-0.2, 0) is 0 Å². The van der Waals surface area contributed by atoms with E-state index in [4.69, 9.17) is 9.15 Å². The summed E-state index contributed by atoms with van der Waals surface area (Å²) in [4.78, 5) is 11.5. The molecule has 1 heterocycles. The second-order valence-electron chi connectivity index (χ2n) is 5.54. The van der Waals surface area contributed by atoms with Crippen LogP contribution >= 0.6 is 15.9 Å². The normalized spacial score (nSPS) is 11.8. The minimum absolute atomic E-state index is 0.141. The van der Waals surface area contributed by atoms with Gasteiger partial charge in [0.1, 0.15) is 11.3 Å². The van der Waals surface area contributed by atoms with Gasteiger partial charge in [0.05, 0.1) is 6.61 Å². The van der Waals surface area contributed by atoms with Gasteiger partial charge in [-0.2, -0.15) is 0 Å². The molecule has 0 aliphatic carbocycles. The number of hydrogen-bond acceptors (Lipinski definition) is 3. The highest BCUT2D eigenvalue weighted by molar-refractivity contribution is 9.09. The highest BCUT2D eigenvalue weighted by Crippen LogP contribution is 2.30. The van der Waals surface area contributed by atoms with E-state index < -0.39 is 0 Å². The van der Waals surface area contributed by atoms with E-state index in [9.17, 15) is 4.79 Å². The van der Waals surface area contributed by atoms with Gasteiger partial charge in [0.25, 0.3) is 0 Å². The molecule has 2 rings (SSSR count). The average molecular weight is 353 g/mol. The number of rotatable bonds is 6. The SMILES string of the molecule is CCC(CC)(CBr)COc1ccc2c(C)cc(=O)oc2c1. The molecule has 0 aliphatic rings. The first kappa shape index (κ1) is 16.1. The Bertz CT molecular complexity index is 663. The minimum atomic E-state index is -0.325. The summed E-state index contributed by atoms with van der Waals surface area (Å²) in [6, 6.07) is 7.18. The van der Waals surface area contributed by atoms with E-state index in [0.717, 1.165) is 34.9 Å². The Kier molecular flexibility index (Phi) is 5.09. The standard InChI is InChI=1S/C17H21BrO3/c1-4-17(5-2,10-18)11-20-13-6-7-14-12(3)8-16(19)21-15(14)9-13/h6-9H,4-5,10-11H2,1-3H3. The molecule has 3 nitrogen and oxygen atoms in total. The molecule has 0 N–H and O–H groups in total. The van der Waals surface area contributed by atoms with Crippen LogP contribution in [0.4, 0.5) is 0 Å². The lowest BCUT2D eigenvalue weighted by Crippen LogP contribution is -2.29. The van der Waals surface area contributed by atoms with Crippen molar-refractivity contribution >= 4 is 26.9 Å². The largest absolute Gasteiger partial charge is 0.493 e. The van der Waals surface area contributed by atoms with E-state index in [2.05, 4.69) is 29.8 Å². The topological polar surface area (TPSA) is 39.4 Å². The summed E-state index contributed by atoms with van der Waals surface area (Å²) in [5.41, 5.74) is 1.32. The van der Waals surface area contributed by atoms with Crippen LogP contribution in [0.1, 0.15) is 32.3 Å². The van der Waals surface area contributed by atoms with Crippen LogP contribution in [0.2, 0.25) is 0 Å². The molecular weight excluding hydrogens is 332 g/mol. The summed E-state index contributed by atoms with van der Waals surface area (Å²) in [6.07, 6.45) is 2.10. The molecule has 1 aromatic carbocycles. The van der Waals surface area contributed by atoms with E-state index in [1.807, 2.05) is 19.1 Å². The van der Waals surface area contributed by atoms with Crippen molar-refractivity contribution in [2.24, 2.45) is 5.41 Å². The number of aryl methyl sites for hydroxylation is 1. The number of alkyl halides is 1.